The maximum absolute atomic E-state index is 12.6. The number of carbonyl (C=O) groups is 2. The largest absolute Gasteiger partial charge is 0.381 e. The molecule has 27 heavy (non-hydrogen) atoms. The number of nitrogens with one attached hydrogen (secondary N) is 2. The van der Waals surface area contributed by atoms with Crippen molar-refractivity contribution < 1.29 is 14.3 Å². The number of ether oxygens (including phenoxy) is 1. The average Bonchev–Trinajstić information content (AvgIpc) is 3.06. The van der Waals surface area contributed by atoms with Crippen molar-refractivity contribution >= 4 is 11.8 Å². The molecule has 0 spiro atoms. The van der Waals surface area contributed by atoms with E-state index in [1.165, 1.54) is 0 Å². The Morgan fingerprint density at radius 3 is 2.67 bits per heavy atom. The standard InChI is InChI=1S/C19H29N5O3/c1-4-20-19(26)17-10-14(11-24(17)15-5-7-27-8-6-15)23-18(25)16-9-12(2)21-13(3)22-16/h9,14-15,17H,4-8,10-11H2,1-3H3,(H,20,26)(H,23,25)/t14-,17-/m0/s1. The van der Waals surface area contributed by atoms with Gasteiger partial charge in [-0.15, -0.1) is 0 Å². The number of rotatable bonds is 5. The summed E-state index contributed by atoms with van der Waals surface area (Å²) >= 11 is 0. The molecule has 3 heterocycles. The van der Waals surface area contributed by atoms with Crippen LogP contribution in [0.2, 0.25) is 0 Å². The van der Waals surface area contributed by atoms with E-state index in [0.717, 1.165) is 31.7 Å². The molecular weight excluding hydrogens is 346 g/mol. The van der Waals surface area contributed by atoms with Gasteiger partial charge < -0.3 is 15.4 Å². The minimum absolute atomic E-state index is 0.0365. The second-order valence-electron chi connectivity index (χ2n) is 7.30. The van der Waals surface area contributed by atoms with Gasteiger partial charge in [-0.25, -0.2) is 9.97 Å². The Morgan fingerprint density at radius 1 is 1.26 bits per heavy atom. The molecule has 2 aliphatic rings. The van der Waals surface area contributed by atoms with Gasteiger partial charge in [0.1, 0.15) is 11.5 Å². The van der Waals surface area contributed by atoms with Gasteiger partial charge in [0, 0.05) is 44.1 Å². The highest BCUT2D eigenvalue weighted by Gasteiger charge is 2.41. The molecule has 0 unspecified atom stereocenters. The molecule has 0 radical (unpaired) electrons. The van der Waals surface area contributed by atoms with E-state index in [-0.39, 0.29) is 23.9 Å². The van der Waals surface area contributed by atoms with Crippen LogP contribution >= 0.6 is 0 Å². The molecule has 0 aromatic carbocycles. The fraction of sp³-hybridized carbons (Fsp3) is 0.684. The van der Waals surface area contributed by atoms with Crippen LogP contribution in [-0.4, -0.2) is 71.1 Å². The van der Waals surface area contributed by atoms with E-state index in [9.17, 15) is 9.59 Å². The lowest BCUT2D eigenvalue weighted by atomic mass is 10.1. The third-order valence-electron chi connectivity index (χ3n) is 5.19. The first-order chi connectivity index (χ1) is 13.0. The highest BCUT2D eigenvalue weighted by Crippen LogP contribution is 2.26. The number of hydrogen-bond acceptors (Lipinski definition) is 6. The molecule has 2 aliphatic heterocycles. The lowest BCUT2D eigenvalue weighted by Gasteiger charge is -2.34. The molecule has 2 amide bonds. The maximum Gasteiger partial charge on any atom is 0.270 e. The van der Waals surface area contributed by atoms with E-state index < -0.39 is 0 Å². The summed E-state index contributed by atoms with van der Waals surface area (Å²) in [6.07, 6.45) is 2.44. The molecule has 1 aromatic rings. The summed E-state index contributed by atoms with van der Waals surface area (Å²) in [6, 6.07) is 1.71. The van der Waals surface area contributed by atoms with Crippen molar-refractivity contribution in [1.29, 1.82) is 0 Å². The highest BCUT2D eigenvalue weighted by molar-refractivity contribution is 5.92. The van der Waals surface area contributed by atoms with Gasteiger partial charge in [-0.2, -0.15) is 0 Å². The van der Waals surface area contributed by atoms with Crippen LogP contribution in [0.5, 0.6) is 0 Å². The van der Waals surface area contributed by atoms with E-state index in [1.54, 1.807) is 13.0 Å². The molecule has 2 saturated heterocycles. The van der Waals surface area contributed by atoms with Crippen LogP contribution in [0.15, 0.2) is 6.07 Å². The van der Waals surface area contributed by atoms with Gasteiger partial charge in [0.05, 0.1) is 6.04 Å². The Labute approximate surface area is 160 Å². The van der Waals surface area contributed by atoms with Crippen molar-refractivity contribution in [3.63, 3.8) is 0 Å². The van der Waals surface area contributed by atoms with Gasteiger partial charge >= 0.3 is 0 Å². The zero-order chi connectivity index (χ0) is 19.4. The molecule has 148 valence electrons. The van der Waals surface area contributed by atoms with E-state index in [0.29, 0.717) is 37.1 Å². The van der Waals surface area contributed by atoms with Crippen LogP contribution in [0.4, 0.5) is 0 Å². The minimum atomic E-state index is -0.216. The SMILES string of the molecule is CCNC(=O)[C@@H]1C[C@H](NC(=O)c2cc(C)nc(C)n2)CN1C1CCOCC1. The van der Waals surface area contributed by atoms with E-state index >= 15 is 0 Å². The number of carbonyl (C=O) groups excluding carboxylic acids is 2. The van der Waals surface area contributed by atoms with Crippen molar-refractivity contribution in [1.82, 2.24) is 25.5 Å². The molecule has 3 rings (SSSR count). The third-order valence-corrected chi connectivity index (χ3v) is 5.19. The first kappa shape index (κ1) is 19.7. The topological polar surface area (TPSA) is 96.5 Å². The number of aromatic nitrogens is 2. The van der Waals surface area contributed by atoms with Crippen LogP contribution in [-0.2, 0) is 9.53 Å². The zero-order valence-electron chi connectivity index (χ0n) is 16.3. The molecule has 8 heteroatoms. The van der Waals surface area contributed by atoms with Gasteiger partial charge in [0.25, 0.3) is 5.91 Å². The van der Waals surface area contributed by atoms with Crippen molar-refractivity contribution in [2.75, 3.05) is 26.3 Å². The van der Waals surface area contributed by atoms with Gasteiger partial charge in [-0.05, 0) is 46.1 Å². The summed E-state index contributed by atoms with van der Waals surface area (Å²) in [6.45, 7) is 8.26. The number of aryl methyl sites for hydroxylation is 2. The minimum Gasteiger partial charge on any atom is -0.381 e. The van der Waals surface area contributed by atoms with Crippen molar-refractivity contribution in [3.05, 3.63) is 23.3 Å². The van der Waals surface area contributed by atoms with Crippen LogP contribution in [0, 0.1) is 13.8 Å². The molecule has 1 aromatic heterocycles. The highest BCUT2D eigenvalue weighted by atomic mass is 16.5. The van der Waals surface area contributed by atoms with Gasteiger partial charge in [-0.3, -0.25) is 14.5 Å². The van der Waals surface area contributed by atoms with Crippen molar-refractivity contribution in [2.24, 2.45) is 0 Å². The summed E-state index contributed by atoms with van der Waals surface area (Å²) in [5.74, 6) is 0.405. The summed E-state index contributed by atoms with van der Waals surface area (Å²) in [5.41, 5.74) is 1.14. The second kappa shape index (κ2) is 8.75. The number of amides is 2. The first-order valence-corrected chi connectivity index (χ1v) is 9.72. The Bertz CT molecular complexity index is 670. The Balaban J connectivity index is 1.70. The molecule has 0 bridgehead atoms. The summed E-state index contributed by atoms with van der Waals surface area (Å²) < 4.78 is 5.46. The molecule has 2 atom stereocenters. The van der Waals surface area contributed by atoms with Crippen molar-refractivity contribution in [3.8, 4) is 0 Å². The molecule has 2 fully saturated rings. The van der Waals surface area contributed by atoms with E-state index in [1.807, 2.05) is 13.8 Å². The number of nitrogens with zero attached hydrogens (tertiary/aromatic N) is 3. The smallest absolute Gasteiger partial charge is 0.270 e. The fourth-order valence-corrected chi connectivity index (χ4v) is 4.03. The molecule has 0 aliphatic carbocycles. The molecule has 8 nitrogen and oxygen atoms in total. The third kappa shape index (κ3) is 4.81. The maximum atomic E-state index is 12.6. The van der Waals surface area contributed by atoms with Gasteiger partial charge in [-0.1, -0.05) is 0 Å². The van der Waals surface area contributed by atoms with Crippen LogP contribution < -0.4 is 10.6 Å². The Hall–Kier alpha value is -2.06. The molecule has 2 N–H and O–H groups in total. The van der Waals surface area contributed by atoms with Crippen LogP contribution in [0.3, 0.4) is 0 Å². The monoisotopic (exact) mass is 375 g/mol. The fourth-order valence-electron chi connectivity index (χ4n) is 4.03. The molecular formula is C19H29N5O3. The lowest BCUT2D eigenvalue weighted by molar-refractivity contribution is -0.126. The number of hydrogen-bond donors (Lipinski definition) is 2. The number of likely N-dealkylation sites (tertiary alicyclic amines) is 1. The normalized spacial score (nSPS) is 24.0. The predicted molar refractivity (Wildman–Crippen MR) is 100 cm³/mol. The van der Waals surface area contributed by atoms with Gasteiger partial charge in [0.15, 0.2) is 0 Å². The van der Waals surface area contributed by atoms with Crippen LogP contribution in [0.25, 0.3) is 0 Å². The Morgan fingerprint density at radius 2 is 2.00 bits per heavy atom. The quantitative estimate of drug-likeness (QED) is 0.782. The van der Waals surface area contributed by atoms with E-state index in [4.69, 9.17) is 4.74 Å². The van der Waals surface area contributed by atoms with Crippen LogP contribution in [0.1, 0.15) is 48.2 Å². The first-order valence-electron chi connectivity index (χ1n) is 9.72. The lowest BCUT2D eigenvalue weighted by Crippen LogP contribution is -2.49. The predicted octanol–water partition coefficient (Wildman–Crippen LogP) is 0.581. The van der Waals surface area contributed by atoms with Crippen molar-refractivity contribution in [2.45, 2.75) is 58.2 Å². The average molecular weight is 375 g/mol. The van der Waals surface area contributed by atoms with Gasteiger partial charge in [0.2, 0.25) is 5.91 Å². The second-order valence-corrected chi connectivity index (χ2v) is 7.30. The summed E-state index contributed by atoms with van der Waals surface area (Å²) in [5, 5.41) is 6.00. The number of likely N-dealkylation sites (N-methyl/N-ethyl adjacent to an activating group) is 1. The summed E-state index contributed by atoms with van der Waals surface area (Å²) in [7, 11) is 0. The Kier molecular flexibility index (Phi) is 6.38. The molecule has 0 saturated carbocycles. The van der Waals surface area contributed by atoms with E-state index in [2.05, 4.69) is 25.5 Å². The zero-order valence-corrected chi connectivity index (χ0v) is 16.3. The summed E-state index contributed by atoms with van der Waals surface area (Å²) in [4.78, 5) is 35.9.